The first kappa shape index (κ1) is 12.0. The predicted octanol–water partition coefficient (Wildman–Crippen LogP) is 2.74. The summed E-state index contributed by atoms with van der Waals surface area (Å²) in [5.41, 5.74) is 0.582. The number of aliphatic hydroxyl groups is 1. The molecule has 3 heteroatoms. The van der Waals surface area contributed by atoms with Crippen molar-refractivity contribution >= 4 is 11.5 Å². The van der Waals surface area contributed by atoms with Crippen molar-refractivity contribution in [1.82, 2.24) is 0 Å². The van der Waals surface area contributed by atoms with Crippen LogP contribution in [0.25, 0.3) is 5.76 Å². The standard InChI is InChI=1S/C13H14O3/c1-3-4-11(14)9-13(15)10-5-7-12(16-2)8-6-10/h3-9,15H,1-2H3/b4-3+,13-9-. The molecule has 1 N–H and O–H groups in total. The van der Waals surface area contributed by atoms with E-state index in [9.17, 15) is 9.90 Å². The number of rotatable bonds is 4. The van der Waals surface area contributed by atoms with Crippen LogP contribution in [0.3, 0.4) is 0 Å². The van der Waals surface area contributed by atoms with Gasteiger partial charge in [-0.1, -0.05) is 6.08 Å². The Hall–Kier alpha value is -2.03. The Bertz CT molecular complexity index is 413. The molecule has 0 amide bonds. The van der Waals surface area contributed by atoms with Crippen molar-refractivity contribution in [3.05, 3.63) is 48.1 Å². The number of allylic oxidation sites excluding steroid dienone is 3. The van der Waals surface area contributed by atoms with E-state index < -0.39 is 0 Å². The fourth-order valence-corrected chi connectivity index (χ4v) is 1.19. The molecule has 0 saturated carbocycles. The maximum Gasteiger partial charge on any atom is 0.182 e. The van der Waals surface area contributed by atoms with Gasteiger partial charge in [0.1, 0.15) is 11.5 Å². The number of carbonyl (C=O) groups is 1. The van der Waals surface area contributed by atoms with Crippen LogP contribution in [0.4, 0.5) is 0 Å². The average molecular weight is 218 g/mol. The fourth-order valence-electron chi connectivity index (χ4n) is 1.19. The lowest BCUT2D eigenvalue weighted by molar-refractivity contribution is -0.110. The second-order valence-corrected chi connectivity index (χ2v) is 3.16. The molecular weight excluding hydrogens is 204 g/mol. The van der Waals surface area contributed by atoms with E-state index >= 15 is 0 Å². The molecule has 0 atom stereocenters. The van der Waals surface area contributed by atoms with E-state index in [1.54, 1.807) is 44.4 Å². The van der Waals surface area contributed by atoms with E-state index in [2.05, 4.69) is 0 Å². The zero-order valence-corrected chi connectivity index (χ0v) is 9.31. The number of ether oxygens (including phenoxy) is 1. The summed E-state index contributed by atoms with van der Waals surface area (Å²) in [5.74, 6) is 0.415. The van der Waals surface area contributed by atoms with Gasteiger partial charge in [0, 0.05) is 11.6 Å². The van der Waals surface area contributed by atoms with Gasteiger partial charge in [-0.15, -0.1) is 0 Å². The van der Waals surface area contributed by atoms with Crippen LogP contribution in [-0.4, -0.2) is 18.0 Å². The van der Waals surface area contributed by atoms with Crippen molar-refractivity contribution in [2.24, 2.45) is 0 Å². The maximum atomic E-state index is 11.2. The molecule has 0 bridgehead atoms. The SMILES string of the molecule is C/C=C/C(=O)/C=C(\O)c1ccc(OC)cc1. The molecule has 0 aliphatic rings. The number of aliphatic hydroxyl groups excluding tert-OH is 1. The van der Waals surface area contributed by atoms with E-state index in [0.717, 1.165) is 0 Å². The lowest BCUT2D eigenvalue weighted by atomic mass is 10.1. The van der Waals surface area contributed by atoms with Gasteiger partial charge < -0.3 is 9.84 Å². The summed E-state index contributed by atoms with van der Waals surface area (Å²) >= 11 is 0. The van der Waals surface area contributed by atoms with E-state index in [0.29, 0.717) is 11.3 Å². The molecule has 0 spiro atoms. The van der Waals surface area contributed by atoms with Gasteiger partial charge in [-0.05, 0) is 37.3 Å². The van der Waals surface area contributed by atoms with Gasteiger partial charge in [0.05, 0.1) is 7.11 Å². The third kappa shape index (κ3) is 3.28. The number of hydrogen-bond acceptors (Lipinski definition) is 3. The highest BCUT2D eigenvalue weighted by molar-refractivity contribution is 6.03. The second-order valence-electron chi connectivity index (χ2n) is 3.16. The largest absolute Gasteiger partial charge is 0.507 e. The molecule has 3 nitrogen and oxygen atoms in total. The fraction of sp³-hybridized carbons (Fsp3) is 0.154. The average Bonchev–Trinajstić information content (AvgIpc) is 2.29. The van der Waals surface area contributed by atoms with Crippen molar-refractivity contribution in [3.63, 3.8) is 0 Å². The van der Waals surface area contributed by atoms with Crippen LogP contribution in [-0.2, 0) is 4.79 Å². The third-order valence-corrected chi connectivity index (χ3v) is 2.00. The first-order valence-electron chi connectivity index (χ1n) is 4.89. The van der Waals surface area contributed by atoms with E-state index in [4.69, 9.17) is 4.74 Å². The van der Waals surface area contributed by atoms with Crippen LogP contribution < -0.4 is 4.74 Å². The lowest BCUT2D eigenvalue weighted by Crippen LogP contribution is -1.91. The molecule has 1 aromatic carbocycles. The molecule has 0 fully saturated rings. The number of methoxy groups -OCH3 is 1. The third-order valence-electron chi connectivity index (χ3n) is 2.00. The molecule has 0 radical (unpaired) electrons. The lowest BCUT2D eigenvalue weighted by Gasteiger charge is -2.02. The molecule has 0 saturated heterocycles. The first-order chi connectivity index (χ1) is 7.67. The summed E-state index contributed by atoms with van der Waals surface area (Å²) in [6, 6.07) is 6.82. The molecule has 0 aromatic heterocycles. The minimum Gasteiger partial charge on any atom is -0.507 e. The molecule has 1 aromatic rings. The Morgan fingerprint density at radius 3 is 2.44 bits per heavy atom. The Morgan fingerprint density at radius 1 is 1.31 bits per heavy atom. The highest BCUT2D eigenvalue weighted by Crippen LogP contribution is 2.16. The topological polar surface area (TPSA) is 46.5 Å². The van der Waals surface area contributed by atoms with Crippen molar-refractivity contribution in [2.75, 3.05) is 7.11 Å². The normalized spacial score (nSPS) is 11.8. The Balaban J connectivity index is 2.87. The molecule has 0 heterocycles. The van der Waals surface area contributed by atoms with Gasteiger partial charge in [-0.2, -0.15) is 0 Å². The number of carbonyl (C=O) groups excluding carboxylic acids is 1. The van der Waals surface area contributed by atoms with Crippen LogP contribution in [0, 0.1) is 0 Å². The second kappa shape index (κ2) is 5.75. The summed E-state index contributed by atoms with van der Waals surface area (Å²) in [6.07, 6.45) is 4.20. The van der Waals surface area contributed by atoms with Crippen LogP contribution in [0.2, 0.25) is 0 Å². The van der Waals surface area contributed by atoms with Gasteiger partial charge in [0.15, 0.2) is 5.78 Å². The zero-order valence-electron chi connectivity index (χ0n) is 9.31. The summed E-state index contributed by atoms with van der Waals surface area (Å²) in [7, 11) is 1.57. The minimum atomic E-state index is -0.240. The quantitative estimate of drug-likeness (QED) is 0.624. The van der Waals surface area contributed by atoms with Gasteiger partial charge in [-0.25, -0.2) is 0 Å². The first-order valence-corrected chi connectivity index (χ1v) is 4.89. The highest BCUT2D eigenvalue weighted by Gasteiger charge is 2.01. The molecule has 0 aliphatic carbocycles. The number of ketones is 1. The van der Waals surface area contributed by atoms with Crippen LogP contribution in [0.5, 0.6) is 5.75 Å². The number of hydrogen-bond donors (Lipinski definition) is 1. The van der Waals surface area contributed by atoms with Crippen molar-refractivity contribution in [3.8, 4) is 5.75 Å². The monoisotopic (exact) mass is 218 g/mol. The minimum absolute atomic E-state index is 0.0502. The highest BCUT2D eigenvalue weighted by atomic mass is 16.5. The van der Waals surface area contributed by atoms with Gasteiger partial charge in [0.25, 0.3) is 0 Å². The summed E-state index contributed by atoms with van der Waals surface area (Å²) < 4.78 is 4.99. The van der Waals surface area contributed by atoms with E-state index in [1.165, 1.54) is 12.2 Å². The van der Waals surface area contributed by atoms with E-state index in [-0.39, 0.29) is 11.5 Å². The molecule has 0 unspecified atom stereocenters. The van der Waals surface area contributed by atoms with E-state index in [1.807, 2.05) is 0 Å². The van der Waals surface area contributed by atoms with Crippen LogP contribution in [0.15, 0.2) is 42.5 Å². The summed E-state index contributed by atoms with van der Waals surface area (Å²) in [4.78, 5) is 11.2. The summed E-state index contributed by atoms with van der Waals surface area (Å²) in [6.45, 7) is 1.75. The Morgan fingerprint density at radius 2 is 1.94 bits per heavy atom. The Labute approximate surface area is 94.7 Å². The van der Waals surface area contributed by atoms with Crippen LogP contribution in [0.1, 0.15) is 12.5 Å². The van der Waals surface area contributed by atoms with Crippen molar-refractivity contribution < 1.29 is 14.6 Å². The predicted molar refractivity (Wildman–Crippen MR) is 63.4 cm³/mol. The van der Waals surface area contributed by atoms with Crippen molar-refractivity contribution in [2.45, 2.75) is 6.92 Å². The van der Waals surface area contributed by atoms with Gasteiger partial charge >= 0.3 is 0 Å². The van der Waals surface area contributed by atoms with Gasteiger partial charge in [-0.3, -0.25) is 4.79 Å². The molecular formula is C13H14O3. The molecule has 84 valence electrons. The molecule has 0 aliphatic heterocycles. The van der Waals surface area contributed by atoms with Crippen molar-refractivity contribution in [1.29, 1.82) is 0 Å². The summed E-state index contributed by atoms with van der Waals surface area (Å²) in [5, 5.41) is 9.65. The van der Waals surface area contributed by atoms with Crippen LogP contribution >= 0.6 is 0 Å². The zero-order chi connectivity index (χ0) is 12.0. The Kier molecular flexibility index (Phi) is 4.33. The molecule has 16 heavy (non-hydrogen) atoms. The maximum absolute atomic E-state index is 11.2. The number of benzene rings is 1. The smallest absolute Gasteiger partial charge is 0.182 e. The molecule has 1 rings (SSSR count). The van der Waals surface area contributed by atoms with Gasteiger partial charge in [0.2, 0.25) is 0 Å².